The summed E-state index contributed by atoms with van der Waals surface area (Å²) in [5, 5.41) is 4.41. The third-order valence-corrected chi connectivity index (χ3v) is 6.07. The van der Waals surface area contributed by atoms with Crippen molar-refractivity contribution in [2.75, 3.05) is 0 Å². The van der Waals surface area contributed by atoms with Crippen LogP contribution >= 0.6 is 0 Å². The molecule has 0 saturated carbocycles. The molecule has 182 valence electrons. The number of alkyl halides is 3. The summed E-state index contributed by atoms with van der Waals surface area (Å²) in [6, 6.07) is 23.5. The van der Waals surface area contributed by atoms with E-state index in [1.54, 1.807) is 31.2 Å². The van der Waals surface area contributed by atoms with Crippen LogP contribution in [0.4, 0.5) is 13.2 Å². The summed E-state index contributed by atoms with van der Waals surface area (Å²) in [7, 11) is 0. The first-order valence-corrected chi connectivity index (χ1v) is 11.5. The van der Waals surface area contributed by atoms with E-state index >= 15 is 0 Å². The molecular weight excluding hydrogens is 463 g/mol. The van der Waals surface area contributed by atoms with Crippen molar-refractivity contribution >= 4 is 11.0 Å². The van der Waals surface area contributed by atoms with Gasteiger partial charge in [0.25, 0.3) is 0 Å². The lowest BCUT2D eigenvalue weighted by Crippen LogP contribution is -2.08. The molecule has 0 radical (unpaired) electrons. The monoisotopic (exact) mass is 487 g/mol. The Balaban J connectivity index is 1.53. The van der Waals surface area contributed by atoms with Crippen molar-refractivity contribution in [3.8, 4) is 22.7 Å². The topological polar surface area (TPSA) is 39.9 Å². The van der Waals surface area contributed by atoms with E-state index in [-0.39, 0.29) is 22.4 Å². The van der Waals surface area contributed by atoms with Gasteiger partial charge in [-0.05, 0) is 68.8 Å². The molecule has 0 saturated heterocycles. The molecule has 7 heteroatoms. The number of aryl methyl sites for hydroxylation is 3. The zero-order valence-electron chi connectivity index (χ0n) is 20.1. The van der Waals surface area contributed by atoms with Crippen LogP contribution in [-0.2, 0) is 12.8 Å². The largest absolute Gasteiger partial charge is 0.489 e. The lowest BCUT2D eigenvalue weighted by molar-refractivity contribution is -0.136. The molecule has 3 aromatic carbocycles. The second-order valence-corrected chi connectivity index (χ2v) is 8.88. The van der Waals surface area contributed by atoms with Crippen molar-refractivity contribution in [2.24, 2.45) is 0 Å². The molecule has 0 aliphatic carbocycles. The highest BCUT2D eigenvalue weighted by atomic mass is 19.4. The van der Waals surface area contributed by atoms with Gasteiger partial charge in [0.1, 0.15) is 12.4 Å². The molecule has 36 heavy (non-hydrogen) atoms. The van der Waals surface area contributed by atoms with E-state index in [0.717, 1.165) is 17.2 Å². The van der Waals surface area contributed by atoms with E-state index in [2.05, 4.69) is 10.1 Å². The number of pyridine rings is 1. The van der Waals surface area contributed by atoms with Gasteiger partial charge in [0.15, 0.2) is 5.65 Å². The highest BCUT2D eigenvalue weighted by Gasteiger charge is 2.35. The second kappa shape index (κ2) is 9.15. The SMILES string of the molecule is Cc1ccc(COc2ccc(-c3cc(C(F)(F)F)c4c(C)nn(-c5ccc(C)cc5)c4n3)cc2)cc1. The summed E-state index contributed by atoms with van der Waals surface area (Å²) in [6.45, 7) is 5.94. The van der Waals surface area contributed by atoms with Crippen LogP contribution in [0.5, 0.6) is 5.75 Å². The Morgan fingerprint density at radius 1 is 0.806 bits per heavy atom. The molecule has 5 aromatic rings. The van der Waals surface area contributed by atoms with Crippen molar-refractivity contribution in [1.29, 1.82) is 0 Å². The predicted molar refractivity (Wildman–Crippen MR) is 134 cm³/mol. The number of halogens is 3. The number of nitrogens with zero attached hydrogens (tertiary/aromatic N) is 3. The lowest BCUT2D eigenvalue weighted by atomic mass is 10.0. The van der Waals surface area contributed by atoms with Gasteiger partial charge in [0.05, 0.1) is 28.0 Å². The van der Waals surface area contributed by atoms with Crippen LogP contribution in [0, 0.1) is 20.8 Å². The molecule has 0 fully saturated rings. The van der Waals surface area contributed by atoms with Crippen LogP contribution in [0.3, 0.4) is 0 Å². The van der Waals surface area contributed by atoms with Crippen LogP contribution < -0.4 is 4.74 Å². The fourth-order valence-corrected chi connectivity index (χ4v) is 4.10. The van der Waals surface area contributed by atoms with Crippen molar-refractivity contribution in [1.82, 2.24) is 14.8 Å². The molecule has 2 aromatic heterocycles. The minimum atomic E-state index is -4.56. The van der Waals surface area contributed by atoms with Crippen LogP contribution in [0.2, 0.25) is 0 Å². The number of hydrogen-bond donors (Lipinski definition) is 0. The summed E-state index contributed by atoms with van der Waals surface area (Å²) in [5.41, 5.74) is 4.36. The fourth-order valence-electron chi connectivity index (χ4n) is 4.10. The first-order valence-electron chi connectivity index (χ1n) is 11.5. The molecule has 0 spiro atoms. The molecule has 0 unspecified atom stereocenters. The highest BCUT2D eigenvalue weighted by molar-refractivity contribution is 5.87. The number of fused-ring (bicyclic) bond motifs is 1. The standard InChI is InChI=1S/C29H24F3N3O/c1-18-4-8-21(9-5-18)17-36-24-14-10-22(11-15-24)26-16-25(29(30,31)32)27-20(3)34-35(28(27)33-26)23-12-6-19(2)7-13-23/h4-16H,17H2,1-3H3. The van der Waals surface area contributed by atoms with Crippen molar-refractivity contribution in [2.45, 2.75) is 33.6 Å². The molecule has 0 aliphatic rings. The Morgan fingerprint density at radius 2 is 1.42 bits per heavy atom. The molecule has 0 bridgehead atoms. The van der Waals surface area contributed by atoms with Gasteiger partial charge in [-0.2, -0.15) is 18.3 Å². The van der Waals surface area contributed by atoms with Crippen LogP contribution in [0.25, 0.3) is 28.0 Å². The first-order chi connectivity index (χ1) is 17.2. The highest BCUT2D eigenvalue weighted by Crippen LogP contribution is 2.39. The van der Waals surface area contributed by atoms with Crippen molar-refractivity contribution in [3.63, 3.8) is 0 Å². The Hall–Kier alpha value is -4.13. The number of hydrogen-bond acceptors (Lipinski definition) is 3. The van der Waals surface area contributed by atoms with Crippen LogP contribution in [-0.4, -0.2) is 14.8 Å². The molecule has 2 heterocycles. The predicted octanol–water partition coefficient (Wildman–Crippen LogP) is 7.61. The van der Waals surface area contributed by atoms with Gasteiger partial charge < -0.3 is 4.74 Å². The quantitative estimate of drug-likeness (QED) is 0.256. The van der Waals surface area contributed by atoms with E-state index in [4.69, 9.17) is 4.74 Å². The summed E-state index contributed by atoms with van der Waals surface area (Å²) in [6.07, 6.45) is -4.56. The maximum atomic E-state index is 14.1. The summed E-state index contributed by atoms with van der Waals surface area (Å²) in [5.74, 6) is 0.622. The zero-order valence-corrected chi connectivity index (χ0v) is 20.1. The third-order valence-electron chi connectivity index (χ3n) is 6.07. The number of ether oxygens (including phenoxy) is 1. The van der Waals surface area contributed by atoms with Crippen molar-refractivity contribution < 1.29 is 17.9 Å². The lowest BCUT2D eigenvalue weighted by Gasteiger charge is -2.12. The fraction of sp³-hybridized carbons (Fsp3) is 0.172. The van der Waals surface area contributed by atoms with Gasteiger partial charge in [0.2, 0.25) is 0 Å². The normalized spacial score (nSPS) is 11.7. The summed E-state index contributed by atoms with van der Waals surface area (Å²) >= 11 is 0. The second-order valence-electron chi connectivity index (χ2n) is 8.88. The summed E-state index contributed by atoms with van der Waals surface area (Å²) in [4.78, 5) is 4.63. The minimum absolute atomic E-state index is 0.00452. The number of aromatic nitrogens is 3. The summed E-state index contributed by atoms with van der Waals surface area (Å²) < 4.78 is 49.7. The molecular formula is C29H24F3N3O. The number of benzene rings is 3. The van der Waals surface area contributed by atoms with E-state index in [1.165, 1.54) is 10.2 Å². The zero-order chi connectivity index (χ0) is 25.4. The molecule has 5 rings (SSSR count). The van der Waals surface area contributed by atoms with Crippen LogP contribution in [0.1, 0.15) is 27.9 Å². The Kier molecular flexibility index (Phi) is 6.00. The van der Waals surface area contributed by atoms with Gasteiger partial charge in [0, 0.05) is 5.56 Å². The average molecular weight is 488 g/mol. The maximum absolute atomic E-state index is 14.1. The van der Waals surface area contributed by atoms with E-state index in [1.807, 2.05) is 62.4 Å². The number of rotatable bonds is 5. The maximum Gasteiger partial charge on any atom is 0.417 e. The van der Waals surface area contributed by atoms with Crippen molar-refractivity contribution in [3.05, 3.63) is 107 Å². The van der Waals surface area contributed by atoms with Gasteiger partial charge >= 0.3 is 6.18 Å². The Bertz CT molecular complexity index is 1520. The van der Waals surface area contributed by atoms with E-state index < -0.39 is 11.7 Å². The minimum Gasteiger partial charge on any atom is -0.489 e. The molecule has 4 nitrogen and oxygen atoms in total. The average Bonchev–Trinajstić information content (AvgIpc) is 3.19. The van der Waals surface area contributed by atoms with Gasteiger partial charge in [-0.15, -0.1) is 0 Å². The van der Waals surface area contributed by atoms with Crippen LogP contribution in [0.15, 0.2) is 78.9 Å². The van der Waals surface area contributed by atoms with Gasteiger partial charge in [-0.25, -0.2) is 9.67 Å². The Morgan fingerprint density at radius 3 is 2.03 bits per heavy atom. The third kappa shape index (κ3) is 4.69. The van der Waals surface area contributed by atoms with Gasteiger partial charge in [-0.1, -0.05) is 47.5 Å². The molecule has 0 atom stereocenters. The molecule has 0 amide bonds. The van der Waals surface area contributed by atoms with Gasteiger partial charge in [-0.3, -0.25) is 0 Å². The Labute approximate surface area is 207 Å². The molecule has 0 aliphatic heterocycles. The van der Waals surface area contributed by atoms with E-state index in [9.17, 15) is 13.2 Å². The van der Waals surface area contributed by atoms with E-state index in [0.29, 0.717) is 23.6 Å². The smallest absolute Gasteiger partial charge is 0.417 e. The first kappa shape index (κ1) is 23.6. The molecule has 0 N–H and O–H groups in total.